The van der Waals surface area contributed by atoms with Gasteiger partial charge in [-0.3, -0.25) is 4.90 Å². The summed E-state index contributed by atoms with van der Waals surface area (Å²) in [4.78, 5) is 17.2. The first-order valence-corrected chi connectivity index (χ1v) is 14.2. The van der Waals surface area contributed by atoms with Crippen molar-refractivity contribution in [3.05, 3.63) is 134 Å². The Bertz CT molecular complexity index is 1490. The molecule has 0 unspecified atom stereocenters. The van der Waals surface area contributed by atoms with E-state index in [0.29, 0.717) is 28.0 Å². The highest BCUT2D eigenvalue weighted by Crippen LogP contribution is 2.36. The lowest BCUT2D eigenvalue weighted by Crippen LogP contribution is -2.36. The van der Waals surface area contributed by atoms with Gasteiger partial charge in [0.2, 0.25) is 0 Å². The van der Waals surface area contributed by atoms with Crippen LogP contribution >= 0.6 is 23.2 Å². The first kappa shape index (κ1) is 28.8. The van der Waals surface area contributed by atoms with E-state index in [-0.39, 0.29) is 17.4 Å². The van der Waals surface area contributed by atoms with E-state index in [0.717, 1.165) is 53.7 Å². The summed E-state index contributed by atoms with van der Waals surface area (Å²) in [6.07, 6.45) is 1.62. The Morgan fingerprint density at radius 1 is 0.902 bits per heavy atom. The second-order valence-corrected chi connectivity index (χ2v) is 11.3. The van der Waals surface area contributed by atoms with Gasteiger partial charge in [-0.1, -0.05) is 65.7 Å². The summed E-state index contributed by atoms with van der Waals surface area (Å²) in [5, 5.41) is 10.5. The van der Waals surface area contributed by atoms with Crippen LogP contribution in [0.1, 0.15) is 56.9 Å². The van der Waals surface area contributed by atoms with E-state index in [1.54, 1.807) is 12.1 Å². The van der Waals surface area contributed by atoms with Crippen LogP contribution in [0.5, 0.6) is 0 Å². The molecule has 1 aliphatic rings. The summed E-state index contributed by atoms with van der Waals surface area (Å²) in [5.74, 6) is -1.00. The van der Waals surface area contributed by atoms with Crippen LogP contribution in [0.2, 0.25) is 10.0 Å². The molecule has 0 aromatic heterocycles. The molecule has 1 fully saturated rings. The number of nitrogens with one attached hydrogen (secondary N) is 1. The highest BCUT2D eigenvalue weighted by molar-refractivity contribution is 6.30. The number of rotatable bonds is 8. The molecule has 1 heterocycles. The van der Waals surface area contributed by atoms with Gasteiger partial charge in [0.1, 0.15) is 0 Å². The van der Waals surface area contributed by atoms with Gasteiger partial charge in [-0.25, -0.2) is 9.74 Å². The highest BCUT2D eigenvalue weighted by Gasteiger charge is 2.26. The van der Waals surface area contributed by atoms with Crippen LogP contribution in [-0.2, 0) is 11.5 Å². The quantitative estimate of drug-likeness (QED) is 0.124. The molecule has 210 valence electrons. The average molecular weight is 591 g/mol. The van der Waals surface area contributed by atoms with Crippen molar-refractivity contribution in [2.24, 2.45) is 5.92 Å². The molecule has 4 aromatic carbocycles. The summed E-state index contributed by atoms with van der Waals surface area (Å²) in [5.41, 5.74) is 12.6. The van der Waals surface area contributed by atoms with Crippen molar-refractivity contribution in [3.8, 4) is 0 Å². The fraction of sp³-hybridized carbons (Fsp3) is 0.212. The minimum atomic E-state index is -0.992. The van der Waals surface area contributed by atoms with Crippen molar-refractivity contribution < 1.29 is 14.3 Å². The molecule has 0 atom stereocenters. The fourth-order valence-corrected chi connectivity index (χ4v) is 5.83. The number of piperidine rings is 1. The predicted octanol–water partition coefficient (Wildman–Crippen LogP) is 8.08. The number of nitrogen functional groups attached to an aromatic ring is 1. The van der Waals surface area contributed by atoms with Crippen LogP contribution in [-0.4, -0.2) is 29.7 Å². The Morgan fingerprint density at radius 3 is 2.07 bits per heavy atom. The SMILES string of the molecule is N=C(c1cc(C(c2ccc(Cl)cc2)c2ccc(Cl)cc2)ccc1N)C1CCN(Cc2cccc(C(=O)OF)c2)CC1. The number of nitrogens with two attached hydrogens (primary N) is 1. The van der Waals surface area contributed by atoms with Crippen molar-refractivity contribution in [3.63, 3.8) is 0 Å². The molecule has 5 rings (SSSR count). The van der Waals surface area contributed by atoms with Gasteiger partial charge >= 0.3 is 5.97 Å². The molecule has 0 bridgehead atoms. The van der Waals surface area contributed by atoms with Crippen LogP contribution in [0.4, 0.5) is 10.2 Å². The second kappa shape index (κ2) is 12.9. The van der Waals surface area contributed by atoms with Crippen molar-refractivity contribution in [1.82, 2.24) is 4.90 Å². The van der Waals surface area contributed by atoms with Crippen molar-refractivity contribution >= 4 is 40.6 Å². The van der Waals surface area contributed by atoms with Gasteiger partial charge in [0.05, 0.1) is 5.56 Å². The maximum atomic E-state index is 12.3. The molecule has 4 aromatic rings. The van der Waals surface area contributed by atoms with Crippen LogP contribution in [0.15, 0.2) is 91.0 Å². The number of likely N-dealkylation sites (tertiary alicyclic amines) is 1. The van der Waals surface area contributed by atoms with Crippen molar-refractivity contribution in [1.29, 1.82) is 5.41 Å². The second-order valence-electron chi connectivity index (χ2n) is 10.4. The summed E-state index contributed by atoms with van der Waals surface area (Å²) in [6, 6.07) is 28.4. The summed E-state index contributed by atoms with van der Waals surface area (Å²) < 4.78 is 12.3. The molecule has 5 nitrogen and oxygen atoms in total. The lowest BCUT2D eigenvalue weighted by molar-refractivity contribution is -0.0788. The van der Waals surface area contributed by atoms with Gasteiger partial charge in [-0.15, -0.1) is 0 Å². The third-order valence-electron chi connectivity index (χ3n) is 7.74. The number of hydrogen-bond donors (Lipinski definition) is 2. The molecule has 1 aliphatic heterocycles. The van der Waals surface area contributed by atoms with E-state index in [1.807, 2.05) is 72.8 Å². The highest BCUT2D eigenvalue weighted by atomic mass is 35.5. The molecule has 3 N–H and O–H groups in total. The van der Waals surface area contributed by atoms with Gasteiger partial charge in [0, 0.05) is 49.9 Å². The molecule has 0 spiro atoms. The zero-order chi connectivity index (χ0) is 28.9. The topological polar surface area (TPSA) is 79.4 Å². The Labute approximate surface area is 249 Å². The Balaban J connectivity index is 1.33. The molecule has 0 amide bonds. The molecular weight excluding hydrogens is 560 g/mol. The third kappa shape index (κ3) is 6.79. The summed E-state index contributed by atoms with van der Waals surface area (Å²) in [6.45, 7) is 2.22. The van der Waals surface area contributed by atoms with Gasteiger partial charge in [-0.2, -0.15) is 0 Å². The zero-order valence-electron chi connectivity index (χ0n) is 22.3. The van der Waals surface area contributed by atoms with Gasteiger partial charge in [-0.05, 0) is 96.7 Å². The zero-order valence-corrected chi connectivity index (χ0v) is 23.8. The standard InChI is InChI=1S/C33H30Cl2FN3O2/c34-27-9-4-22(5-10-27)31(23-6-11-28(35)12-7-23)25-8-13-30(37)29(19-25)32(38)24-14-16-39(17-15-24)20-21-2-1-3-26(18-21)33(40)41-36/h1-13,18-19,24,31,38H,14-17,20,37H2. The van der Waals surface area contributed by atoms with E-state index in [4.69, 9.17) is 34.3 Å². The normalized spacial score (nSPS) is 14.2. The summed E-state index contributed by atoms with van der Waals surface area (Å²) in [7, 11) is 0. The lowest BCUT2D eigenvalue weighted by Gasteiger charge is -2.32. The molecular formula is C33H30Cl2FN3O2. The van der Waals surface area contributed by atoms with E-state index in [9.17, 15) is 9.32 Å². The number of hydrogen-bond acceptors (Lipinski definition) is 5. The number of carbonyl (C=O) groups excluding carboxylic acids is 1. The molecule has 41 heavy (non-hydrogen) atoms. The molecule has 0 saturated carbocycles. The first-order chi connectivity index (χ1) is 19.8. The maximum Gasteiger partial charge on any atom is 0.379 e. The lowest BCUT2D eigenvalue weighted by atomic mass is 9.82. The minimum absolute atomic E-state index is 0.0705. The number of carbonyl (C=O) groups is 1. The number of anilines is 1. The first-order valence-electron chi connectivity index (χ1n) is 13.5. The number of nitrogens with zero attached hydrogens (tertiary/aromatic N) is 1. The maximum absolute atomic E-state index is 12.3. The largest absolute Gasteiger partial charge is 0.398 e. The summed E-state index contributed by atoms with van der Waals surface area (Å²) >= 11 is 12.4. The van der Waals surface area contributed by atoms with E-state index < -0.39 is 5.97 Å². The number of halogens is 3. The Hall–Kier alpha value is -3.71. The number of benzene rings is 4. The molecule has 1 saturated heterocycles. The monoisotopic (exact) mass is 589 g/mol. The van der Waals surface area contributed by atoms with E-state index >= 15 is 0 Å². The van der Waals surface area contributed by atoms with Crippen LogP contribution < -0.4 is 5.73 Å². The predicted molar refractivity (Wildman–Crippen MR) is 162 cm³/mol. The fourth-order valence-electron chi connectivity index (χ4n) is 5.57. The smallest absolute Gasteiger partial charge is 0.379 e. The molecule has 0 aliphatic carbocycles. The molecule has 0 radical (unpaired) electrons. The van der Waals surface area contributed by atoms with Crippen LogP contribution in [0.3, 0.4) is 0 Å². The van der Waals surface area contributed by atoms with Gasteiger partial charge in [0.25, 0.3) is 0 Å². The minimum Gasteiger partial charge on any atom is -0.398 e. The van der Waals surface area contributed by atoms with Crippen molar-refractivity contribution in [2.75, 3.05) is 18.8 Å². The van der Waals surface area contributed by atoms with Crippen LogP contribution in [0, 0.1) is 11.3 Å². The van der Waals surface area contributed by atoms with Gasteiger partial charge < -0.3 is 11.1 Å². The molecule has 8 heteroatoms. The van der Waals surface area contributed by atoms with Crippen molar-refractivity contribution in [2.45, 2.75) is 25.3 Å². The van der Waals surface area contributed by atoms with Gasteiger partial charge in [0.15, 0.2) is 0 Å². The van der Waals surface area contributed by atoms with Crippen LogP contribution in [0.25, 0.3) is 0 Å². The third-order valence-corrected chi connectivity index (χ3v) is 8.25. The van der Waals surface area contributed by atoms with E-state index in [2.05, 4.69) is 9.84 Å². The average Bonchev–Trinajstić information content (AvgIpc) is 2.99. The Morgan fingerprint density at radius 2 is 1.49 bits per heavy atom. The Kier molecular flexibility index (Phi) is 9.03. The van der Waals surface area contributed by atoms with E-state index in [1.165, 1.54) is 6.07 Å².